The average molecular weight is 238 g/mol. The molecule has 90 valence electrons. The second-order valence-electron chi connectivity index (χ2n) is 4.49. The van der Waals surface area contributed by atoms with Crippen molar-refractivity contribution >= 4 is 11.3 Å². The Morgan fingerprint density at radius 3 is 2.88 bits per heavy atom. The number of nitrogens with zero attached hydrogens (tertiary/aromatic N) is 1. The van der Waals surface area contributed by atoms with Gasteiger partial charge in [0.1, 0.15) is 0 Å². The van der Waals surface area contributed by atoms with Gasteiger partial charge in [-0.3, -0.25) is 0 Å². The number of nitrogens with one attached hydrogen (secondary N) is 1. The summed E-state index contributed by atoms with van der Waals surface area (Å²) in [5, 5.41) is 5.85. The van der Waals surface area contributed by atoms with Gasteiger partial charge >= 0.3 is 0 Å². The highest BCUT2D eigenvalue weighted by Gasteiger charge is 2.16. The van der Waals surface area contributed by atoms with Gasteiger partial charge in [0.15, 0.2) is 0 Å². The number of rotatable bonds is 5. The SMILES string of the molecule is CCN1CCC(NCCc2cccs2)CC1. The molecule has 0 unspecified atom stereocenters. The van der Waals surface area contributed by atoms with E-state index in [9.17, 15) is 0 Å². The lowest BCUT2D eigenvalue weighted by molar-refractivity contribution is 0.207. The summed E-state index contributed by atoms with van der Waals surface area (Å²) in [7, 11) is 0. The molecule has 2 nitrogen and oxygen atoms in total. The van der Waals surface area contributed by atoms with Crippen LogP contribution in [-0.4, -0.2) is 37.1 Å². The maximum absolute atomic E-state index is 3.68. The molecule has 2 rings (SSSR count). The van der Waals surface area contributed by atoms with E-state index in [-0.39, 0.29) is 0 Å². The van der Waals surface area contributed by atoms with Crippen molar-refractivity contribution in [3.63, 3.8) is 0 Å². The Balaban J connectivity index is 1.60. The Hall–Kier alpha value is -0.380. The summed E-state index contributed by atoms with van der Waals surface area (Å²) in [5.74, 6) is 0. The normalized spacial score (nSPS) is 19.1. The Kier molecular flexibility index (Phi) is 4.82. The fraction of sp³-hybridized carbons (Fsp3) is 0.692. The first-order chi connectivity index (χ1) is 7.88. The Labute approximate surface area is 103 Å². The largest absolute Gasteiger partial charge is 0.314 e. The first-order valence-electron chi connectivity index (χ1n) is 6.36. The molecular weight excluding hydrogens is 216 g/mol. The predicted octanol–water partition coefficient (Wildman–Crippen LogP) is 2.36. The fourth-order valence-electron chi connectivity index (χ4n) is 2.31. The van der Waals surface area contributed by atoms with Crippen molar-refractivity contribution < 1.29 is 0 Å². The summed E-state index contributed by atoms with van der Waals surface area (Å²) in [4.78, 5) is 4.04. The third-order valence-electron chi connectivity index (χ3n) is 3.42. The molecule has 0 aromatic carbocycles. The summed E-state index contributed by atoms with van der Waals surface area (Å²) in [6.45, 7) is 7.14. The zero-order valence-corrected chi connectivity index (χ0v) is 10.9. The molecule has 1 aromatic heterocycles. The first kappa shape index (κ1) is 12.1. The van der Waals surface area contributed by atoms with Crippen molar-refractivity contribution in [1.29, 1.82) is 0 Å². The predicted molar refractivity (Wildman–Crippen MR) is 71.2 cm³/mol. The lowest BCUT2D eigenvalue weighted by Crippen LogP contribution is -2.42. The van der Waals surface area contributed by atoms with Crippen LogP contribution in [-0.2, 0) is 6.42 Å². The molecule has 1 aliphatic rings. The van der Waals surface area contributed by atoms with E-state index in [0.717, 1.165) is 12.6 Å². The first-order valence-corrected chi connectivity index (χ1v) is 7.24. The van der Waals surface area contributed by atoms with Crippen LogP contribution in [0.3, 0.4) is 0 Å². The lowest BCUT2D eigenvalue weighted by atomic mass is 10.1. The van der Waals surface area contributed by atoms with Gasteiger partial charge in [-0.05, 0) is 50.3 Å². The highest BCUT2D eigenvalue weighted by molar-refractivity contribution is 7.09. The summed E-state index contributed by atoms with van der Waals surface area (Å²) in [5.41, 5.74) is 0. The molecule has 0 radical (unpaired) electrons. The lowest BCUT2D eigenvalue weighted by Gasteiger charge is -2.31. The van der Waals surface area contributed by atoms with Crippen molar-refractivity contribution in [1.82, 2.24) is 10.2 Å². The van der Waals surface area contributed by atoms with Gasteiger partial charge in [0.25, 0.3) is 0 Å². The maximum atomic E-state index is 3.68. The third kappa shape index (κ3) is 3.58. The van der Waals surface area contributed by atoms with Gasteiger partial charge in [-0.1, -0.05) is 13.0 Å². The van der Waals surface area contributed by atoms with E-state index < -0.39 is 0 Å². The van der Waals surface area contributed by atoms with Crippen LogP contribution >= 0.6 is 11.3 Å². The van der Waals surface area contributed by atoms with Crippen LogP contribution in [0.1, 0.15) is 24.6 Å². The van der Waals surface area contributed by atoms with Gasteiger partial charge in [-0.25, -0.2) is 0 Å². The number of likely N-dealkylation sites (tertiary alicyclic amines) is 1. The number of thiophene rings is 1. The molecule has 0 bridgehead atoms. The molecule has 2 heterocycles. The van der Waals surface area contributed by atoms with Crippen molar-refractivity contribution in [3.8, 4) is 0 Å². The minimum atomic E-state index is 0.753. The Morgan fingerprint density at radius 1 is 1.44 bits per heavy atom. The van der Waals surface area contributed by atoms with E-state index in [1.54, 1.807) is 0 Å². The van der Waals surface area contributed by atoms with Crippen LogP contribution in [0.2, 0.25) is 0 Å². The van der Waals surface area contributed by atoms with Crippen LogP contribution in [0, 0.1) is 0 Å². The zero-order chi connectivity index (χ0) is 11.2. The highest BCUT2D eigenvalue weighted by atomic mass is 32.1. The highest BCUT2D eigenvalue weighted by Crippen LogP contribution is 2.11. The van der Waals surface area contributed by atoms with Crippen LogP contribution in [0.15, 0.2) is 17.5 Å². The molecule has 0 aliphatic carbocycles. The fourth-order valence-corrected chi connectivity index (χ4v) is 3.02. The van der Waals surface area contributed by atoms with E-state index in [4.69, 9.17) is 0 Å². The van der Waals surface area contributed by atoms with Crippen LogP contribution in [0.4, 0.5) is 0 Å². The van der Waals surface area contributed by atoms with Gasteiger partial charge in [-0.2, -0.15) is 0 Å². The quantitative estimate of drug-likeness (QED) is 0.847. The van der Waals surface area contributed by atoms with Crippen LogP contribution in [0.25, 0.3) is 0 Å². The topological polar surface area (TPSA) is 15.3 Å². The van der Waals surface area contributed by atoms with Crippen molar-refractivity contribution in [2.75, 3.05) is 26.2 Å². The van der Waals surface area contributed by atoms with Gasteiger partial charge in [0.2, 0.25) is 0 Å². The van der Waals surface area contributed by atoms with Crippen molar-refractivity contribution in [3.05, 3.63) is 22.4 Å². The molecule has 1 aromatic rings. The third-order valence-corrected chi connectivity index (χ3v) is 4.36. The monoisotopic (exact) mass is 238 g/mol. The van der Waals surface area contributed by atoms with Crippen LogP contribution < -0.4 is 5.32 Å². The zero-order valence-electron chi connectivity index (χ0n) is 10.1. The number of hydrogen-bond acceptors (Lipinski definition) is 3. The van der Waals surface area contributed by atoms with Gasteiger partial charge in [0, 0.05) is 17.5 Å². The van der Waals surface area contributed by atoms with Gasteiger partial charge in [-0.15, -0.1) is 11.3 Å². The molecule has 1 saturated heterocycles. The van der Waals surface area contributed by atoms with E-state index in [2.05, 4.69) is 34.7 Å². The van der Waals surface area contributed by atoms with E-state index in [1.165, 1.54) is 43.8 Å². The summed E-state index contributed by atoms with van der Waals surface area (Å²) in [6.07, 6.45) is 3.82. The molecule has 3 heteroatoms. The van der Waals surface area contributed by atoms with Gasteiger partial charge in [0.05, 0.1) is 0 Å². The standard InChI is InChI=1S/C13H22N2S/c1-2-15-9-6-12(7-10-15)14-8-5-13-4-3-11-16-13/h3-4,11-12,14H,2,5-10H2,1H3. The van der Waals surface area contributed by atoms with E-state index in [0.29, 0.717) is 0 Å². The number of hydrogen-bond donors (Lipinski definition) is 1. The summed E-state index contributed by atoms with van der Waals surface area (Å²) < 4.78 is 0. The Bertz CT molecular complexity index is 276. The molecule has 0 atom stereocenters. The molecule has 0 spiro atoms. The number of piperidine rings is 1. The molecule has 1 N–H and O–H groups in total. The maximum Gasteiger partial charge on any atom is 0.00915 e. The molecule has 1 fully saturated rings. The molecule has 16 heavy (non-hydrogen) atoms. The molecule has 0 amide bonds. The second kappa shape index (κ2) is 6.38. The molecule has 0 saturated carbocycles. The second-order valence-corrected chi connectivity index (χ2v) is 5.52. The van der Waals surface area contributed by atoms with Gasteiger partial charge < -0.3 is 10.2 Å². The minimum Gasteiger partial charge on any atom is -0.314 e. The molecular formula is C13H22N2S. The Morgan fingerprint density at radius 2 is 2.25 bits per heavy atom. The van der Waals surface area contributed by atoms with E-state index in [1.807, 2.05) is 11.3 Å². The minimum absolute atomic E-state index is 0.753. The van der Waals surface area contributed by atoms with E-state index >= 15 is 0 Å². The summed E-state index contributed by atoms with van der Waals surface area (Å²) >= 11 is 1.87. The van der Waals surface area contributed by atoms with Crippen LogP contribution in [0.5, 0.6) is 0 Å². The smallest absolute Gasteiger partial charge is 0.00915 e. The van der Waals surface area contributed by atoms with Crippen molar-refractivity contribution in [2.24, 2.45) is 0 Å². The summed E-state index contributed by atoms with van der Waals surface area (Å²) in [6, 6.07) is 5.12. The molecule has 1 aliphatic heterocycles. The average Bonchev–Trinajstić information content (AvgIpc) is 2.83. The van der Waals surface area contributed by atoms with Crippen molar-refractivity contribution in [2.45, 2.75) is 32.2 Å².